The average molecular weight is 266 g/mol. The van der Waals surface area contributed by atoms with Crippen molar-refractivity contribution in [3.8, 4) is 0 Å². The van der Waals surface area contributed by atoms with Crippen molar-refractivity contribution < 1.29 is 13.2 Å². The summed E-state index contributed by atoms with van der Waals surface area (Å²) in [6, 6.07) is 7.58. The van der Waals surface area contributed by atoms with Crippen LogP contribution in [0.2, 0.25) is 0 Å². The molecule has 1 aliphatic rings. The summed E-state index contributed by atoms with van der Waals surface area (Å²) in [6.07, 6.45) is 2.33. The molecule has 4 heteroatoms. The van der Waals surface area contributed by atoms with Gasteiger partial charge in [0.15, 0.2) is 0 Å². The molecular formula is C14H18O3S. The van der Waals surface area contributed by atoms with E-state index in [9.17, 15) is 13.2 Å². The molecule has 1 fully saturated rings. The van der Waals surface area contributed by atoms with Crippen LogP contribution in [0.25, 0.3) is 0 Å². The van der Waals surface area contributed by atoms with Gasteiger partial charge in [0.25, 0.3) is 0 Å². The number of rotatable bonds is 3. The largest absolute Gasteiger partial charge is 0.298 e. The molecule has 0 saturated carbocycles. The van der Waals surface area contributed by atoms with E-state index in [1.54, 1.807) is 0 Å². The van der Waals surface area contributed by atoms with Gasteiger partial charge in [-0.2, -0.15) is 0 Å². The van der Waals surface area contributed by atoms with E-state index in [1.807, 2.05) is 24.3 Å². The zero-order valence-corrected chi connectivity index (χ0v) is 11.3. The summed E-state index contributed by atoms with van der Waals surface area (Å²) < 4.78 is 22.8. The quantitative estimate of drug-likeness (QED) is 0.789. The second-order valence-corrected chi connectivity index (χ2v) is 7.37. The highest BCUT2D eigenvalue weighted by Crippen LogP contribution is 2.33. The van der Waals surface area contributed by atoms with Crippen LogP contribution in [0.5, 0.6) is 0 Å². The van der Waals surface area contributed by atoms with Crippen molar-refractivity contribution in [3.05, 3.63) is 35.4 Å². The zero-order chi connectivity index (χ0) is 13.2. The SMILES string of the molecule is CC(c1ccc(C=O)cc1)C1CCS(=O)(=O)CC1. The lowest BCUT2D eigenvalue weighted by atomic mass is 9.83. The van der Waals surface area contributed by atoms with Crippen LogP contribution in [-0.4, -0.2) is 26.2 Å². The van der Waals surface area contributed by atoms with E-state index < -0.39 is 9.84 Å². The third-order valence-corrected chi connectivity index (χ3v) is 5.62. The summed E-state index contributed by atoms with van der Waals surface area (Å²) in [6.45, 7) is 2.14. The van der Waals surface area contributed by atoms with Gasteiger partial charge in [0.2, 0.25) is 0 Å². The van der Waals surface area contributed by atoms with Crippen LogP contribution in [0, 0.1) is 5.92 Å². The maximum atomic E-state index is 11.4. The summed E-state index contributed by atoms with van der Waals surface area (Å²) in [5, 5.41) is 0. The standard InChI is InChI=1S/C14H18O3S/c1-11(13-4-2-12(10-15)3-5-13)14-6-8-18(16,17)9-7-14/h2-5,10-11,14H,6-9H2,1H3. The van der Waals surface area contributed by atoms with E-state index in [2.05, 4.69) is 6.92 Å². The van der Waals surface area contributed by atoms with Crippen molar-refractivity contribution in [1.82, 2.24) is 0 Å². The zero-order valence-electron chi connectivity index (χ0n) is 10.5. The third kappa shape index (κ3) is 2.99. The normalized spacial score (nSPS) is 21.4. The molecule has 0 aromatic heterocycles. The lowest BCUT2D eigenvalue weighted by molar-refractivity contribution is 0.112. The molecule has 1 unspecified atom stereocenters. The van der Waals surface area contributed by atoms with Crippen molar-refractivity contribution in [2.45, 2.75) is 25.7 Å². The second-order valence-electron chi connectivity index (χ2n) is 5.06. The van der Waals surface area contributed by atoms with Crippen LogP contribution in [0.15, 0.2) is 24.3 Å². The molecule has 0 N–H and O–H groups in total. The van der Waals surface area contributed by atoms with Crippen molar-refractivity contribution in [2.24, 2.45) is 5.92 Å². The van der Waals surface area contributed by atoms with Crippen molar-refractivity contribution >= 4 is 16.1 Å². The number of sulfone groups is 1. The first-order valence-electron chi connectivity index (χ1n) is 6.27. The van der Waals surface area contributed by atoms with Crippen LogP contribution >= 0.6 is 0 Å². The van der Waals surface area contributed by atoms with Crippen molar-refractivity contribution in [3.63, 3.8) is 0 Å². The van der Waals surface area contributed by atoms with Crippen LogP contribution in [0.1, 0.15) is 41.6 Å². The van der Waals surface area contributed by atoms with E-state index in [-0.39, 0.29) is 0 Å². The molecule has 0 radical (unpaired) electrons. The van der Waals surface area contributed by atoms with Gasteiger partial charge in [-0.05, 0) is 30.2 Å². The molecule has 0 bridgehead atoms. The highest BCUT2D eigenvalue weighted by molar-refractivity contribution is 7.91. The van der Waals surface area contributed by atoms with Gasteiger partial charge in [-0.15, -0.1) is 0 Å². The molecule has 98 valence electrons. The van der Waals surface area contributed by atoms with E-state index in [1.165, 1.54) is 5.56 Å². The van der Waals surface area contributed by atoms with Crippen molar-refractivity contribution in [1.29, 1.82) is 0 Å². The lowest BCUT2D eigenvalue weighted by Gasteiger charge is -2.28. The molecule has 0 spiro atoms. The Labute approximate surface area is 108 Å². The fourth-order valence-electron chi connectivity index (χ4n) is 2.56. The molecule has 1 aliphatic heterocycles. The minimum Gasteiger partial charge on any atom is -0.298 e. The molecule has 1 heterocycles. The van der Waals surface area contributed by atoms with Crippen LogP contribution < -0.4 is 0 Å². The Hall–Kier alpha value is -1.16. The first-order valence-corrected chi connectivity index (χ1v) is 8.09. The fourth-order valence-corrected chi connectivity index (χ4v) is 4.09. The Balaban J connectivity index is 2.07. The van der Waals surface area contributed by atoms with Gasteiger partial charge in [0.05, 0.1) is 11.5 Å². The Morgan fingerprint density at radius 2 is 1.72 bits per heavy atom. The maximum absolute atomic E-state index is 11.4. The predicted octanol–water partition coefficient (Wildman–Crippen LogP) is 2.43. The minimum absolute atomic E-state index is 0.314. The highest BCUT2D eigenvalue weighted by Gasteiger charge is 2.27. The van der Waals surface area contributed by atoms with Crippen molar-refractivity contribution in [2.75, 3.05) is 11.5 Å². The molecule has 1 aromatic carbocycles. The minimum atomic E-state index is -2.79. The molecule has 2 rings (SSSR count). The fraction of sp³-hybridized carbons (Fsp3) is 0.500. The van der Waals surface area contributed by atoms with E-state index >= 15 is 0 Å². The molecule has 1 saturated heterocycles. The average Bonchev–Trinajstić information content (AvgIpc) is 2.38. The summed E-state index contributed by atoms with van der Waals surface area (Å²) in [5.74, 6) is 1.40. The number of benzene rings is 1. The predicted molar refractivity (Wildman–Crippen MR) is 71.6 cm³/mol. The van der Waals surface area contributed by atoms with Gasteiger partial charge in [-0.25, -0.2) is 8.42 Å². The van der Waals surface area contributed by atoms with E-state index in [0.717, 1.165) is 19.1 Å². The molecule has 1 atom stereocenters. The smallest absolute Gasteiger partial charge is 0.150 e. The number of hydrogen-bond donors (Lipinski definition) is 0. The Morgan fingerprint density at radius 1 is 1.17 bits per heavy atom. The monoisotopic (exact) mass is 266 g/mol. The number of hydrogen-bond acceptors (Lipinski definition) is 3. The molecule has 1 aromatic rings. The van der Waals surface area contributed by atoms with Crippen LogP contribution in [-0.2, 0) is 9.84 Å². The van der Waals surface area contributed by atoms with Gasteiger partial charge < -0.3 is 0 Å². The van der Waals surface area contributed by atoms with E-state index in [0.29, 0.717) is 28.9 Å². The summed E-state index contributed by atoms with van der Waals surface area (Å²) in [4.78, 5) is 10.6. The topological polar surface area (TPSA) is 51.2 Å². The number of carbonyl (C=O) groups excluding carboxylic acids is 1. The van der Waals surface area contributed by atoms with E-state index in [4.69, 9.17) is 0 Å². The molecule has 3 nitrogen and oxygen atoms in total. The summed E-state index contributed by atoms with van der Waals surface area (Å²) in [5.41, 5.74) is 1.86. The number of aldehydes is 1. The molecular weight excluding hydrogens is 248 g/mol. The summed E-state index contributed by atoms with van der Waals surface area (Å²) >= 11 is 0. The Bertz CT molecular complexity index is 502. The molecule has 18 heavy (non-hydrogen) atoms. The number of carbonyl (C=O) groups is 1. The van der Waals surface area contributed by atoms with Crippen LogP contribution in [0.4, 0.5) is 0 Å². The van der Waals surface area contributed by atoms with Gasteiger partial charge in [-0.1, -0.05) is 31.2 Å². The maximum Gasteiger partial charge on any atom is 0.150 e. The summed E-state index contributed by atoms with van der Waals surface area (Å²) in [7, 11) is -2.79. The van der Waals surface area contributed by atoms with Crippen LogP contribution in [0.3, 0.4) is 0 Å². The lowest BCUT2D eigenvalue weighted by Crippen LogP contribution is -2.26. The Morgan fingerprint density at radius 3 is 2.22 bits per heavy atom. The molecule has 0 aliphatic carbocycles. The second kappa shape index (κ2) is 5.22. The first kappa shape index (κ1) is 13.3. The first-order chi connectivity index (χ1) is 8.52. The van der Waals surface area contributed by atoms with Gasteiger partial charge >= 0.3 is 0 Å². The third-order valence-electron chi connectivity index (χ3n) is 3.90. The Kier molecular flexibility index (Phi) is 3.85. The van der Waals surface area contributed by atoms with Gasteiger partial charge in [0, 0.05) is 5.56 Å². The highest BCUT2D eigenvalue weighted by atomic mass is 32.2. The van der Waals surface area contributed by atoms with Gasteiger partial charge in [-0.3, -0.25) is 4.79 Å². The molecule has 0 amide bonds. The van der Waals surface area contributed by atoms with Gasteiger partial charge in [0.1, 0.15) is 16.1 Å².